The lowest BCUT2D eigenvalue weighted by Gasteiger charge is -2.22. The molecular formula is C17H25ClN2O3S. The number of halogens is 1. The number of nitrogens with zero attached hydrogens (tertiary/aromatic N) is 1. The summed E-state index contributed by atoms with van der Waals surface area (Å²) in [5, 5.41) is 3.44. The molecule has 1 fully saturated rings. The highest BCUT2D eigenvalue weighted by Crippen LogP contribution is 2.25. The monoisotopic (exact) mass is 372 g/mol. The number of hydrogen-bond donors (Lipinski definition) is 1. The Hall–Kier alpha value is -1.27. The van der Waals surface area contributed by atoms with Crippen molar-refractivity contribution in [2.24, 2.45) is 0 Å². The Morgan fingerprint density at radius 2 is 2.17 bits per heavy atom. The van der Waals surface area contributed by atoms with Crippen LogP contribution in [0.1, 0.15) is 32.8 Å². The van der Waals surface area contributed by atoms with Crippen molar-refractivity contribution in [2.45, 2.75) is 38.5 Å². The average Bonchev–Trinajstić information content (AvgIpc) is 2.67. The van der Waals surface area contributed by atoms with Crippen molar-refractivity contribution in [3.8, 4) is 5.75 Å². The van der Waals surface area contributed by atoms with E-state index in [1.807, 2.05) is 32.9 Å². The van der Waals surface area contributed by atoms with Crippen molar-refractivity contribution >= 4 is 28.4 Å². The zero-order valence-corrected chi connectivity index (χ0v) is 16.0. The van der Waals surface area contributed by atoms with Gasteiger partial charge >= 0.3 is 6.03 Å². The maximum Gasteiger partial charge on any atom is 0.317 e. The minimum Gasteiger partial charge on any atom is -0.492 e. The Morgan fingerprint density at radius 3 is 2.83 bits per heavy atom. The summed E-state index contributed by atoms with van der Waals surface area (Å²) in [6, 6.07) is 5.37. The molecule has 1 unspecified atom stereocenters. The van der Waals surface area contributed by atoms with Crippen molar-refractivity contribution in [3.05, 3.63) is 28.8 Å². The molecule has 1 N–H and O–H groups in total. The fourth-order valence-electron chi connectivity index (χ4n) is 2.52. The van der Waals surface area contributed by atoms with Gasteiger partial charge in [-0.1, -0.05) is 17.7 Å². The summed E-state index contributed by atoms with van der Waals surface area (Å²) in [7, 11) is -0.906. The fourth-order valence-corrected chi connectivity index (χ4v) is 4.03. The van der Waals surface area contributed by atoms with Crippen LogP contribution in [0.5, 0.6) is 5.75 Å². The largest absolute Gasteiger partial charge is 0.492 e. The molecule has 1 atom stereocenters. The van der Waals surface area contributed by atoms with Gasteiger partial charge in [0.25, 0.3) is 0 Å². The first kappa shape index (κ1) is 19.1. The van der Waals surface area contributed by atoms with Gasteiger partial charge in [-0.2, -0.15) is 0 Å². The Labute approximate surface area is 151 Å². The first-order valence-corrected chi connectivity index (χ1v) is 9.85. The molecule has 0 aromatic heterocycles. The highest BCUT2D eigenvalue weighted by Gasteiger charge is 2.31. The zero-order valence-electron chi connectivity index (χ0n) is 14.4. The van der Waals surface area contributed by atoms with Crippen molar-refractivity contribution in [1.82, 2.24) is 10.2 Å². The zero-order chi connectivity index (χ0) is 17.7. The standard InChI is InChI=1S/C17H25ClN2O3S/c1-4-23-15-6-5-13(11-14(15)18)12-19-16(21)20-8-7-17(2,3)24(22)10-9-20/h5-6,11H,4,7-10,12H2,1-3H3,(H,19,21). The van der Waals surface area contributed by atoms with Gasteiger partial charge in [0.1, 0.15) is 5.75 Å². The molecule has 0 saturated carbocycles. The fraction of sp³-hybridized carbons (Fsp3) is 0.588. The third-order valence-electron chi connectivity index (χ3n) is 4.17. The molecule has 0 spiro atoms. The summed E-state index contributed by atoms with van der Waals surface area (Å²) in [6.45, 7) is 7.98. The normalized spacial score (nSPS) is 20.3. The van der Waals surface area contributed by atoms with E-state index in [9.17, 15) is 9.00 Å². The lowest BCUT2D eigenvalue weighted by molar-refractivity contribution is 0.200. The Kier molecular flexibility index (Phi) is 6.52. The van der Waals surface area contributed by atoms with E-state index in [-0.39, 0.29) is 10.8 Å². The van der Waals surface area contributed by atoms with Crippen molar-refractivity contribution in [1.29, 1.82) is 0 Å². The van der Waals surface area contributed by atoms with Gasteiger partial charge < -0.3 is 15.0 Å². The molecule has 0 bridgehead atoms. The highest BCUT2D eigenvalue weighted by atomic mass is 35.5. The smallest absolute Gasteiger partial charge is 0.317 e. The topological polar surface area (TPSA) is 58.6 Å². The number of nitrogens with one attached hydrogen (secondary N) is 1. The van der Waals surface area contributed by atoms with Crippen LogP contribution in [0.15, 0.2) is 18.2 Å². The van der Waals surface area contributed by atoms with Gasteiger partial charge in [0.15, 0.2) is 0 Å². The number of hydrogen-bond acceptors (Lipinski definition) is 3. The molecule has 0 aliphatic carbocycles. The summed E-state index contributed by atoms with van der Waals surface area (Å²) in [4.78, 5) is 14.1. The molecule has 1 saturated heterocycles. The number of carbonyl (C=O) groups is 1. The maximum absolute atomic E-state index is 12.4. The first-order chi connectivity index (χ1) is 11.3. The van der Waals surface area contributed by atoms with Gasteiger partial charge in [-0.15, -0.1) is 0 Å². The van der Waals surface area contributed by atoms with E-state index in [2.05, 4.69) is 5.32 Å². The van der Waals surface area contributed by atoms with E-state index in [1.54, 1.807) is 11.0 Å². The van der Waals surface area contributed by atoms with Crippen LogP contribution in [-0.4, -0.2) is 45.3 Å². The highest BCUT2D eigenvalue weighted by molar-refractivity contribution is 7.86. The molecular weight excluding hydrogens is 348 g/mol. The van der Waals surface area contributed by atoms with E-state index in [0.29, 0.717) is 42.8 Å². The lowest BCUT2D eigenvalue weighted by atomic mass is 10.1. The summed E-state index contributed by atoms with van der Waals surface area (Å²) in [5.74, 6) is 1.17. The van der Waals surface area contributed by atoms with Crippen LogP contribution in [0.3, 0.4) is 0 Å². The van der Waals surface area contributed by atoms with Crippen molar-refractivity contribution < 1.29 is 13.7 Å². The van der Waals surface area contributed by atoms with Gasteiger partial charge in [-0.25, -0.2) is 4.79 Å². The molecule has 1 aliphatic rings. The molecule has 0 radical (unpaired) electrons. The number of carbonyl (C=O) groups excluding carboxylic acids is 1. The van der Waals surface area contributed by atoms with E-state index < -0.39 is 10.8 Å². The SMILES string of the molecule is CCOc1ccc(CNC(=O)N2CCS(=O)C(C)(C)CC2)cc1Cl. The van der Waals surface area contributed by atoms with Crippen LogP contribution < -0.4 is 10.1 Å². The van der Waals surface area contributed by atoms with Crippen LogP contribution in [0.4, 0.5) is 4.79 Å². The van der Waals surface area contributed by atoms with Crippen LogP contribution in [0, 0.1) is 0 Å². The Morgan fingerprint density at radius 1 is 1.42 bits per heavy atom. The maximum atomic E-state index is 12.4. The molecule has 2 rings (SSSR count). The van der Waals surface area contributed by atoms with Crippen LogP contribution in [0.25, 0.3) is 0 Å². The minimum absolute atomic E-state index is 0.130. The first-order valence-electron chi connectivity index (χ1n) is 8.16. The third-order valence-corrected chi connectivity index (χ3v) is 6.46. The van der Waals surface area contributed by atoms with Gasteiger partial charge in [0, 0.05) is 40.9 Å². The quantitative estimate of drug-likeness (QED) is 0.883. The average molecular weight is 373 g/mol. The predicted octanol–water partition coefficient (Wildman–Crippen LogP) is 3.18. The second-order valence-electron chi connectivity index (χ2n) is 6.40. The number of benzene rings is 1. The lowest BCUT2D eigenvalue weighted by Crippen LogP contribution is -2.41. The number of amides is 2. The second-order valence-corrected chi connectivity index (χ2v) is 9.01. The van der Waals surface area contributed by atoms with Gasteiger partial charge in [-0.3, -0.25) is 4.21 Å². The molecule has 2 amide bonds. The number of rotatable bonds is 4. The summed E-state index contributed by atoms with van der Waals surface area (Å²) in [6.07, 6.45) is 0.738. The Bertz CT molecular complexity index is 622. The molecule has 7 heteroatoms. The van der Waals surface area contributed by atoms with Gasteiger partial charge in [0.2, 0.25) is 0 Å². The molecule has 1 aromatic rings. The van der Waals surface area contributed by atoms with Crippen LogP contribution in [0.2, 0.25) is 5.02 Å². The van der Waals surface area contributed by atoms with E-state index in [0.717, 1.165) is 12.0 Å². The minimum atomic E-state index is -0.906. The number of urea groups is 1. The molecule has 1 heterocycles. The molecule has 1 aromatic carbocycles. The third kappa shape index (κ3) is 4.86. The van der Waals surface area contributed by atoms with Crippen molar-refractivity contribution in [3.63, 3.8) is 0 Å². The summed E-state index contributed by atoms with van der Waals surface area (Å²) >= 11 is 6.16. The van der Waals surface area contributed by atoms with Gasteiger partial charge in [0.05, 0.1) is 11.6 Å². The van der Waals surface area contributed by atoms with E-state index >= 15 is 0 Å². The number of ether oxygens (including phenoxy) is 1. The van der Waals surface area contributed by atoms with Crippen LogP contribution >= 0.6 is 11.6 Å². The van der Waals surface area contributed by atoms with Gasteiger partial charge in [-0.05, 0) is 44.9 Å². The molecule has 1 aliphatic heterocycles. The molecule has 5 nitrogen and oxygen atoms in total. The second kappa shape index (κ2) is 8.21. The summed E-state index contributed by atoms with van der Waals surface area (Å²) < 4.78 is 17.3. The molecule has 24 heavy (non-hydrogen) atoms. The van der Waals surface area contributed by atoms with E-state index in [4.69, 9.17) is 16.3 Å². The van der Waals surface area contributed by atoms with Crippen molar-refractivity contribution in [2.75, 3.05) is 25.4 Å². The van der Waals surface area contributed by atoms with E-state index in [1.165, 1.54) is 0 Å². The predicted molar refractivity (Wildman–Crippen MR) is 98.1 cm³/mol. The Balaban J connectivity index is 1.91. The summed E-state index contributed by atoms with van der Waals surface area (Å²) in [5.41, 5.74) is 0.913. The van der Waals surface area contributed by atoms with Crippen LogP contribution in [-0.2, 0) is 17.3 Å². The molecule has 134 valence electrons.